The number of aromatic nitrogens is 4. The minimum Gasteiger partial charge on any atom is -0.463 e. The third-order valence-corrected chi connectivity index (χ3v) is 6.26. The highest BCUT2D eigenvalue weighted by Crippen LogP contribution is 2.37. The summed E-state index contributed by atoms with van der Waals surface area (Å²) in [6, 6.07) is 7.71. The quantitative estimate of drug-likeness (QED) is 0.278. The van der Waals surface area contributed by atoms with Gasteiger partial charge in [0.25, 0.3) is 0 Å². The SMILES string of the molecule is CC(=O)OCC1OC(n2cnc3c(Sc4ccc(C)cc4)nc(=O)[nH]c32)C(OC(C)=O)C1OC(C)=O. The van der Waals surface area contributed by atoms with Crippen molar-refractivity contribution in [1.82, 2.24) is 19.5 Å². The van der Waals surface area contributed by atoms with Crippen molar-refractivity contribution in [1.29, 1.82) is 0 Å². The molecule has 4 unspecified atom stereocenters. The Morgan fingerprint density at radius 3 is 2.36 bits per heavy atom. The van der Waals surface area contributed by atoms with Gasteiger partial charge in [-0.3, -0.25) is 23.9 Å². The monoisotopic (exact) mass is 516 g/mol. The number of nitrogens with zero attached hydrogens (tertiary/aromatic N) is 3. The lowest BCUT2D eigenvalue weighted by atomic mass is 10.1. The first-order valence-electron chi connectivity index (χ1n) is 11.0. The van der Waals surface area contributed by atoms with Gasteiger partial charge in [0, 0.05) is 25.7 Å². The second kappa shape index (κ2) is 10.5. The Balaban J connectivity index is 1.75. The predicted octanol–water partition coefficient (Wildman–Crippen LogP) is 1.90. The van der Waals surface area contributed by atoms with Gasteiger partial charge >= 0.3 is 23.6 Å². The molecular formula is C23H24N4O8S. The molecule has 36 heavy (non-hydrogen) atoms. The van der Waals surface area contributed by atoms with Crippen LogP contribution in [0.3, 0.4) is 0 Å². The van der Waals surface area contributed by atoms with Gasteiger partial charge in [-0.15, -0.1) is 0 Å². The first kappa shape index (κ1) is 25.4. The molecule has 0 radical (unpaired) electrons. The van der Waals surface area contributed by atoms with Crippen LogP contribution in [0, 0.1) is 6.92 Å². The molecule has 3 heterocycles. The van der Waals surface area contributed by atoms with E-state index in [0.29, 0.717) is 10.5 Å². The number of carbonyl (C=O) groups excluding carboxylic acids is 3. The van der Waals surface area contributed by atoms with Crippen LogP contribution in [0.4, 0.5) is 0 Å². The van der Waals surface area contributed by atoms with E-state index in [1.165, 1.54) is 43.4 Å². The molecule has 4 rings (SSSR count). The standard InChI is InChI=1S/C23H24N4O8S/c1-11-5-7-15(8-6-11)36-21-17-20(25-23(31)26-21)27(10-24-17)22-19(34-14(4)30)18(33-13(3)29)16(35-22)9-32-12(2)28/h5-8,10,16,18-19,22H,9H2,1-4H3,(H,25,26,31). The van der Waals surface area contributed by atoms with E-state index in [0.717, 1.165) is 10.5 Å². The number of fused-ring (bicyclic) bond motifs is 1. The second-order valence-electron chi connectivity index (χ2n) is 8.13. The highest BCUT2D eigenvalue weighted by Gasteiger charge is 2.51. The van der Waals surface area contributed by atoms with Crippen molar-refractivity contribution >= 4 is 40.8 Å². The van der Waals surface area contributed by atoms with Crippen LogP contribution in [-0.4, -0.2) is 62.3 Å². The molecule has 0 saturated carbocycles. The lowest BCUT2D eigenvalue weighted by molar-refractivity contribution is -0.166. The van der Waals surface area contributed by atoms with E-state index < -0.39 is 48.1 Å². The summed E-state index contributed by atoms with van der Waals surface area (Å²) in [6.45, 7) is 5.35. The molecular weight excluding hydrogens is 492 g/mol. The van der Waals surface area contributed by atoms with Crippen LogP contribution >= 0.6 is 11.8 Å². The first-order valence-corrected chi connectivity index (χ1v) is 11.8. The number of nitrogens with one attached hydrogen (secondary N) is 1. The van der Waals surface area contributed by atoms with Crippen LogP contribution in [0.5, 0.6) is 0 Å². The molecule has 1 fully saturated rings. The average molecular weight is 517 g/mol. The Hall–Kier alpha value is -3.71. The molecule has 0 spiro atoms. The molecule has 2 aromatic heterocycles. The van der Waals surface area contributed by atoms with Gasteiger partial charge in [-0.05, 0) is 19.1 Å². The summed E-state index contributed by atoms with van der Waals surface area (Å²) in [5, 5.41) is 0.367. The number of esters is 3. The van der Waals surface area contributed by atoms with E-state index >= 15 is 0 Å². The number of benzene rings is 1. The molecule has 0 aliphatic carbocycles. The number of H-pyrrole nitrogens is 1. The number of ether oxygens (including phenoxy) is 4. The Bertz CT molecular complexity index is 1350. The molecule has 1 N–H and O–H groups in total. The minimum atomic E-state index is -1.12. The third kappa shape index (κ3) is 5.57. The summed E-state index contributed by atoms with van der Waals surface area (Å²) in [7, 11) is 0. The Morgan fingerprint density at radius 1 is 1.06 bits per heavy atom. The number of hydrogen-bond donors (Lipinski definition) is 1. The van der Waals surface area contributed by atoms with Crippen LogP contribution in [0.1, 0.15) is 32.6 Å². The second-order valence-corrected chi connectivity index (χ2v) is 9.19. The zero-order valence-electron chi connectivity index (χ0n) is 19.9. The molecule has 4 atom stereocenters. The molecule has 13 heteroatoms. The minimum absolute atomic E-state index is 0.249. The Kier molecular flexibility index (Phi) is 7.40. The smallest absolute Gasteiger partial charge is 0.347 e. The molecule has 190 valence electrons. The van der Waals surface area contributed by atoms with Crippen LogP contribution < -0.4 is 5.69 Å². The molecule has 1 aliphatic heterocycles. The normalized spacial score (nSPS) is 21.3. The first-order chi connectivity index (χ1) is 17.1. The highest BCUT2D eigenvalue weighted by molar-refractivity contribution is 7.99. The van der Waals surface area contributed by atoms with E-state index in [4.69, 9.17) is 18.9 Å². The molecule has 0 amide bonds. The van der Waals surface area contributed by atoms with Gasteiger partial charge in [-0.25, -0.2) is 9.78 Å². The molecule has 1 saturated heterocycles. The molecule has 3 aromatic rings. The van der Waals surface area contributed by atoms with Gasteiger partial charge < -0.3 is 18.9 Å². The number of aryl methyl sites for hydroxylation is 1. The van der Waals surface area contributed by atoms with Crippen molar-refractivity contribution < 1.29 is 33.3 Å². The maximum absolute atomic E-state index is 12.5. The number of aromatic amines is 1. The van der Waals surface area contributed by atoms with Gasteiger partial charge in [0.2, 0.25) is 0 Å². The molecule has 1 aliphatic rings. The fourth-order valence-electron chi connectivity index (χ4n) is 3.81. The number of hydrogen-bond acceptors (Lipinski definition) is 11. The zero-order valence-corrected chi connectivity index (χ0v) is 20.7. The van der Waals surface area contributed by atoms with E-state index in [-0.39, 0.29) is 12.3 Å². The summed E-state index contributed by atoms with van der Waals surface area (Å²) in [4.78, 5) is 59.5. The summed E-state index contributed by atoms with van der Waals surface area (Å²) in [5.74, 6) is -1.85. The largest absolute Gasteiger partial charge is 0.463 e. The number of imidazole rings is 1. The topological polar surface area (TPSA) is 152 Å². The van der Waals surface area contributed by atoms with Crippen molar-refractivity contribution in [2.24, 2.45) is 0 Å². The summed E-state index contributed by atoms with van der Waals surface area (Å²) in [5.41, 5.74) is 1.13. The van der Waals surface area contributed by atoms with Crippen molar-refractivity contribution in [3.05, 3.63) is 46.6 Å². The lowest BCUT2D eigenvalue weighted by Crippen LogP contribution is -2.40. The van der Waals surface area contributed by atoms with E-state index in [2.05, 4.69) is 15.0 Å². The Labute approximate surface area is 209 Å². The molecule has 1 aromatic carbocycles. The number of rotatable bonds is 7. The number of carbonyl (C=O) groups is 3. The third-order valence-electron chi connectivity index (χ3n) is 5.27. The predicted molar refractivity (Wildman–Crippen MR) is 125 cm³/mol. The fraction of sp³-hybridized carbons (Fsp3) is 0.391. The van der Waals surface area contributed by atoms with Gasteiger partial charge in [-0.1, -0.05) is 29.5 Å². The van der Waals surface area contributed by atoms with Crippen LogP contribution in [-0.2, 0) is 33.3 Å². The van der Waals surface area contributed by atoms with Crippen LogP contribution in [0.15, 0.2) is 45.3 Å². The van der Waals surface area contributed by atoms with Crippen molar-refractivity contribution in [3.8, 4) is 0 Å². The van der Waals surface area contributed by atoms with Gasteiger partial charge in [0.05, 0.1) is 6.33 Å². The van der Waals surface area contributed by atoms with Crippen LogP contribution in [0.2, 0.25) is 0 Å². The lowest BCUT2D eigenvalue weighted by Gasteiger charge is -2.23. The van der Waals surface area contributed by atoms with Gasteiger partial charge in [0.15, 0.2) is 18.4 Å². The molecule has 0 bridgehead atoms. The average Bonchev–Trinajstić information content (AvgIpc) is 3.35. The van der Waals surface area contributed by atoms with Gasteiger partial charge in [0.1, 0.15) is 28.9 Å². The molecule has 12 nitrogen and oxygen atoms in total. The van der Waals surface area contributed by atoms with Crippen molar-refractivity contribution in [2.75, 3.05) is 6.61 Å². The summed E-state index contributed by atoms with van der Waals surface area (Å²) < 4.78 is 23.4. The summed E-state index contributed by atoms with van der Waals surface area (Å²) in [6.07, 6.45) is -2.79. The maximum Gasteiger partial charge on any atom is 0.347 e. The Morgan fingerprint density at radius 2 is 1.72 bits per heavy atom. The van der Waals surface area contributed by atoms with E-state index in [1.807, 2.05) is 31.2 Å². The zero-order chi connectivity index (χ0) is 26.0. The van der Waals surface area contributed by atoms with Crippen molar-refractivity contribution in [2.45, 2.75) is 62.2 Å². The van der Waals surface area contributed by atoms with E-state index in [9.17, 15) is 19.2 Å². The maximum atomic E-state index is 12.5. The van der Waals surface area contributed by atoms with E-state index in [1.54, 1.807) is 0 Å². The highest BCUT2D eigenvalue weighted by atomic mass is 32.2. The van der Waals surface area contributed by atoms with Crippen LogP contribution in [0.25, 0.3) is 11.2 Å². The van der Waals surface area contributed by atoms with Gasteiger partial charge in [-0.2, -0.15) is 4.98 Å². The fourth-order valence-corrected chi connectivity index (χ4v) is 4.68. The van der Waals surface area contributed by atoms with Crippen molar-refractivity contribution in [3.63, 3.8) is 0 Å². The summed E-state index contributed by atoms with van der Waals surface area (Å²) >= 11 is 1.27.